The van der Waals surface area contributed by atoms with E-state index in [0.29, 0.717) is 37.8 Å². The van der Waals surface area contributed by atoms with Crippen LogP contribution in [0.2, 0.25) is 0 Å². The van der Waals surface area contributed by atoms with Gasteiger partial charge >= 0.3 is 5.97 Å². The molecule has 1 atom stereocenters. The van der Waals surface area contributed by atoms with Gasteiger partial charge in [0.05, 0.1) is 53.6 Å². The second-order valence-electron chi connectivity index (χ2n) is 7.40. The predicted molar refractivity (Wildman–Crippen MR) is 139 cm³/mol. The van der Waals surface area contributed by atoms with Crippen molar-refractivity contribution in [3.63, 3.8) is 0 Å². The zero-order valence-corrected chi connectivity index (χ0v) is 22.9. The van der Waals surface area contributed by atoms with Crippen LogP contribution in [0.3, 0.4) is 0 Å². The fourth-order valence-corrected chi connectivity index (χ4v) is 6.38. The van der Waals surface area contributed by atoms with Crippen LogP contribution in [0.25, 0.3) is 6.08 Å². The molecule has 35 heavy (non-hydrogen) atoms. The Morgan fingerprint density at radius 1 is 1.14 bits per heavy atom. The standard InChI is InChI=1S/C24H23BrN2O6S2/c1-6-33-23(29)19-12(2)26-24-27(22(28)17(35-24)11-14-7-8-18(25)34-14)20(19)13-9-15(30-3)21(32-5)16(10-13)31-4/h7-11,20H,6H2,1-5H3/b17-11-/t20-/m0/s1. The molecule has 8 nitrogen and oxygen atoms in total. The van der Waals surface area contributed by atoms with Gasteiger partial charge in [0.25, 0.3) is 5.56 Å². The van der Waals surface area contributed by atoms with Gasteiger partial charge in [-0.05, 0) is 65.7 Å². The predicted octanol–water partition coefficient (Wildman–Crippen LogP) is 3.65. The number of carbonyl (C=O) groups is 1. The second-order valence-corrected chi connectivity index (χ2v) is 10.9. The van der Waals surface area contributed by atoms with Crippen LogP contribution in [0.5, 0.6) is 17.2 Å². The van der Waals surface area contributed by atoms with Gasteiger partial charge in [0.2, 0.25) is 5.75 Å². The number of benzene rings is 1. The van der Waals surface area contributed by atoms with Gasteiger partial charge in [0.15, 0.2) is 16.3 Å². The number of fused-ring (bicyclic) bond motifs is 1. The van der Waals surface area contributed by atoms with E-state index in [1.807, 2.05) is 18.2 Å². The average molecular weight is 579 g/mol. The number of aromatic nitrogens is 1. The molecule has 0 unspecified atom stereocenters. The number of thiazole rings is 1. The smallest absolute Gasteiger partial charge is 0.338 e. The van der Waals surface area contributed by atoms with Crippen molar-refractivity contribution in [1.29, 1.82) is 0 Å². The highest BCUT2D eigenvalue weighted by Crippen LogP contribution is 2.42. The van der Waals surface area contributed by atoms with E-state index in [0.717, 1.165) is 8.66 Å². The van der Waals surface area contributed by atoms with Crippen LogP contribution in [0.4, 0.5) is 0 Å². The molecular formula is C24H23BrN2O6S2. The average Bonchev–Trinajstić information content (AvgIpc) is 3.39. The molecule has 0 bridgehead atoms. The van der Waals surface area contributed by atoms with E-state index < -0.39 is 12.0 Å². The van der Waals surface area contributed by atoms with Crippen molar-refractivity contribution < 1.29 is 23.7 Å². The molecule has 0 saturated carbocycles. The SMILES string of the molecule is CCOC(=O)C1=C(C)N=c2s/c(=C\c3ccc(Br)s3)c(=O)n2[C@H]1c1cc(OC)c(OC)c(OC)c1. The molecule has 0 amide bonds. The van der Waals surface area contributed by atoms with Gasteiger partial charge < -0.3 is 18.9 Å². The molecular weight excluding hydrogens is 556 g/mol. The van der Waals surface area contributed by atoms with Gasteiger partial charge in [0.1, 0.15) is 0 Å². The molecule has 1 aliphatic heterocycles. The zero-order valence-electron chi connectivity index (χ0n) is 19.7. The van der Waals surface area contributed by atoms with Crippen molar-refractivity contribution in [1.82, 2.24) is 4.57 Å². The Morgan fingerprint density at radius 3 is 2.37 bits per heavy atom. The Kier molecular flexibility index (Phi) is 7.48. The number of thiophene rings is 1. The summed E-state index contributed by atoms with van der Waals surface area (Å²) in [5.41, 5.74) is 1.10. The van der Waals surface area contributed by atoms with E-state index in [4.69, 9.17) is 18.9 Å². The number of methoxy groups -OCH3 is 3. The van der Waals surface area contributed by atoms with Crippen molar-refractivity contribution in [3.05, 3.63) is 69.5 Å². The van der Waals surface area contributed by atoms with E-state index >= 15 is 0 Å². The minimum atomic E-state index is -0.795. The summed E-state index contributed by atoms with van der Waals surface area (Å²) in [6.45, 7) is 3.66. The van der Waals surface area contributed by atoms with Gasteiger partial charge in [-0.15, -0.1) is 11.3 Å². The third kappa shape index (κ3) is 4.67. The Bertz CT molecular complexity index is 1480. The monoisotopic (exact) mass is 578 g/mol. The van der Waals surface area contributed by atoms with Crippen LogP contribution in [0.1, 0.15) is 30.3 Å². The third-order valence-corrected chi connectivity index (χ3v) is 7.94. The zero-order chi connectivity index (χ0) is 25.3. The number of nitrogens with zero attached hydrogens (tertiary/aromatic N) is 2. The van der Waals surface area contributed by atoms with Crippen LogP contribution >= 0.6 is 38.6 Å². The van der Waals surface area contributed by atoms with Crippen LogP contribution < -0.4 is 29.1 Å². The Morgan fingerprint density at radius 2 is 1.83 bits per heavy atom. The van der Waals surface area contributed by atoms with Gasteiger partial charge in [-0.2, -0.15) is 0 Å². The van der Waals surface area contributed by atoms with Crippen molar-refractivity contribution in [2.45, 2.75) is 19.9 Å². The highest BCUT2D eigenvalue weighted by Gasteiger charge is 2.34. The van der Waals surface area contributed by atoms with E-state index in [1.165, 1.54) is 48.6 Å². The second kappa shape index (κ2) is 10.4. The van der Waals surface area contributed by atoms with Crippen molar-refractivity contribution in [3.8, 4) is 17.2 Å². The molecule has 3 heterocycles. The summed E-state index contributed by atoms with van der Waals surface area (Å²) in [6.07, 6.45) is 1.83. The summed E-state index contributed by atoms with van der Waals surface area (Å²) >= 11 is 6.24. The number of hydrogen-bond donors (Lipinski definition) is 0. The first-order valence-electron chi connectivity index (χ1n) is 10.6. The van der Waals surface area contributed by atoms with Crippen LogP contribution in [0, 0.1) is 0 Å². The fourth-order valence-electron chi connectivity index (χ4n) is 3.90. The van der Waals surface area contributed by atoms with Gasteiger partial charge in [0, 0.05) is 4.88 Å². The number of hydrogen-bond acceptors (Lipinski definition) is 9. The molecule has 184 valence electrons. The summed E-state index contributed by atoms with van der Waals surface area (Å²) in [5, 5.41) is 0. The van der Waals surface area contributed by atoms with Crippen LogP contribution in [-0.2, 0) is 9.53 Å². The van der Waals surface area contributed by atoms with Crippen molar-refractivity contribution >= 4 is 50.6 Å². The maximum Gasteiger partial charge on any atom is 0.338 e. The third-order valence-electron chi connectivity index (χ3n) is 5.39. The van der Waals surface area contributed by atoms with E-state index in [2.05, 4.69) is 20.9 Å². The summed E-state index contributed by atoms with van der Waals surface area (Å²) < 4.78 is 24.9. The summed E-state index contributed by atoms with van der Waals surface area (Å²) in [6, 6.07) is 6.53. The van der Waals surface area contributed by atoms with Gasteiger partial charge in [-0.3, -0.25) is 9.36 Å². The molecule has 4 rings (SSSR count). The lowest BCUT2D eigenvalue weighted by molar-refractivity contribution is -0.139. The first-order valence-corrected chi connectivity index (χ1v) is 13.0. The van der Waals surface area contributed by atoms with Crippen LogP contribution in [0.15, 0.2) is 49.1 Å². The topological polar surface area (TPSA) is 88.4 Å². The Hall–Kier alpha value is -2.89. The number of allylic oxidation sites excluding steroid dienone is 1. The molecule has 0 fully saturated rings. The van der Waals surface area contributed by atoms with E-state index in [9.17, 15) is 9.59 Å². The molecule has 11 heteroatoms. The number of ether oxygens (including phenoxy) is 4. The molecule has 3 aromatic rings. The van der Waals surface area contributed by atoms with E-state index in [1.54, 1.807) is 26.0 Å². The molecule has 2 aromatic heterocycles. The Labute approximate surface area is 217 Å². The fraction of sp³-hybridized carbons (Fsp3) is 0.292. The van der Waals surface area contributed by atoms with Crippen molar-refractivity contribution in [2.75, 3.05) is 27.9 Å². The summed E-state index contributed by atoms with van der Waals surface area (Å²) in [4.78, 5) is 32.8. The molecule has 0 N–H and O–H groups in total. The quantitative estimate of drug-likeness (QED) is 0.398. The maximum atomic E-state index is 13.7. The normalized spacial score (nSPS) is 15.5. The highest BCUT2D eigenvalue weighted by molar-refractivity contribution is 9.11. The number of halogens is 1. The molecule has 0 saturated heterocycles. The lowest BCUT2D eigenvalue weighted by atomic mass is 9.95. The number of carbonyl (C=O) groups excluding carboxylic acids is 1. The lowest BCUT2D eigenvalue weighted by Gasteiger charge is -2.26. The Balaban J connectivity index is 2.02. The minimum absolute atomic E-state index is 0.190. The van der Waals surface area contributed by atoms with E-state index in [-0.39, 0.29) is 17.7 Å². The first kappa shape index (κ1) is 25.2. The summed E-state index contributed by atoms with van der Waals surface area (Å²) in [5.74, 6) is 0.687. The van der Waals surface area contributed by atoms with Gasteiger partial charge in [-0.25, -0.2) is 9.79 Å². The lowest BCUT2D eigenvalue weighted by Crippen LogP contribution is -2.40. The molecule has 0 radical (unpaired) electrons. The first-order chi connectivity index (χ1) is 16.8. The van der Waals surface area contributed by atoms with Crippen LogP contribution in [-0.4, -0.2) is 38.5 Å². The largest absolute Gasteiger partial charge is 0.493 e. The molecule has 0 aliphatic carbocycles. The number of esters is 1. The van der Waals surface area contributed by atoms with Gasteiger partial charge in [-0.1, -0.05) is 11.3 Å². The minimum Gasteiger partial charge on any atom is -0.493 e. The summed E-state index contributed by atoms with van der Waals surface area (Å²) in [7, 11) is 4.54. The maximum absolute atomic E-state index is 13.7. The highest BCUT2D eigenvalue weighted by atomic mass is 79.9. The number of rotatable bonds is 7. The molecule has 0 spiro atoms. The van der Waals surface area contributed by atoms with Crippen molar-refractivity contribution in [2.24, 2.45) is 4.99 Å². The molecule has 1 aromatic carbocycles. The molecule has 1 aliphatic rings.